The Kier molecular flexibility index (Phi) is 7.07. The van der Waals surface area contributed by atoms with Crippen molar-refractivity contribution in [3.63, 3.8) is 0 Å². The van der Waals surface area contributed by atoms with Crippen molar-refractivity contribution in [3.05, 3.63) is 41.5 Å². The third-order valence-electron chi connectivity index (χ3n) is 4.92. The molecule has 1 aromatic carbocycles. The smallest absolute Gasteiger partial charge is 0.200 e. The third-order valence-corrected chi connectivity index (χ3v) is 4.92. The fourth-order valence-electron chi connectivity index (χ4n) is 3.53. The van der Waals surface area contributed by atoms with Gasteiger partial charge in [-0.1, -0.05) is 38.0 Å². The molecule has 0 atom stereocenters. The zero-order chi connectivity index (χ0) is 16.7. The minimum atomic E-state index is -0.886. The number of halogens is 2. The van der Waals surface area contributed by atoms with Crippen molar-refractivity contribution in [2.45, 2.75) is 58.3 Å². The van der Waals surface area contributed by atoms with Crippen molar-refractivity contribution >= 4 is 0 Å². The van der Waals surface area contributed by atoms with Gasteiger partial charge in [0.2, 0.25) is 5.82 Å². The Morgan fingerprint density at radius 2 is 1.87 bits per heavy atom. The number of benzene rings is 1. The molecule has 0 radical (unpaired) electrons. The fraction of sp³-hybridized carbons (Fsp3) is 0.600. The van der Waals surface area contributed by atoms with E-state index < -0.39 is 11.6 Å². The largest absolute Gasteiger partial charge is 0.494 e. The molecule has 0 heterocycles. The first kappa shape index (κ1) is 18.0. The molecule has 1 nitrogen and oxygen atoms in total. The molecule has 1 aliphatic carbocycles. The van der Waals surface area contributed by atoms with E-state index in [2.05, 4.69) is 19.1 Å². The second-order valence-electron chi connectivity index (χ2n) is 6.59. The Hall–Kier alpha value is -1.38. The van der Waals surface area contributed by atoms with Gasteiger partial charge in [0.15, 0.2) is 11.6 Å². The first-order valence-corrected chi connectivity index (χ1v) is 8.83. The molecule has 0 amide bonds. The van der Waals surface area contributed by atoms with Crippen molar-refractivity contribution in [2.75, 3.05) is 7.11 Å². The fourth-order valence-corrected chi connectivity index (χ4v) is 3.53. The van der Waals surface area contributed by atoms with E-state index >= 15 is 0 Å². The predicted octanol–water partition coefficient (Wildman–Crippen LogP) is 6.07. The number of hydrogen-bond donors (Lipinski definition) is 0. The van der Waals surface area contributed by atoms with Crippen LogP contribution in [0.25, 0.3) is 0 Å². The average molecular weight is 322 g/mol. The lowest BCUT2D eigenvalue weighted by atomic mass is 9.80. The monoisotopic (exact) mass is 322 g/mol. The van der Waals surface area contributed by atoms with Gasteiger partial charge in [-0.15, -0.1) is 0 Å². The van der Waals surface area contributed by atoms with E-state index in [9.17, 15) is 8.78 Å². The Bertz CT molecular complexity index is 517. The number of methoxy groups -OCH3 is 1. The Morgan fingerprint density at radius 1 is 1.13 bits per heavy atom. The lowest BCUT2D eigenvalue weighted by Crippen LogP contribution is -2.12. The zero-order valence-corrected chi connectivity index (χ0v) is 14.3. The first-order chi connectivity index (χ1) is 11.2. The Labute approximate surface area is 138 Å². The highest BCUT2D eigenvalue weighted by atomic mass is 19.2. The maximum atomic E-state index is 13.9. The lowest BCUT2D eigenvalue weighted by Gasteiger charge is -2.26. The van der Waals surface area contributed by atoms with Gasteiger partial charge < -0.3 is 4.74 Å². The van der Waals surface area contributed by atoms with E-state index in [1.807, 2.05) is 0 Å². The van der Waals surface area contributed by atoms with Crippen LogP contribution in [0.2, 0.25) is 0 Å². The van der Waals surface area contributed by atoms with Gasteiger partial charge in [0.1, 0.15) is 0 Å². The van der Waals surface area contributed by atoms with E-state index in [1.165, 1.54) is 51.7 Å². The van der Waals surface area contributed by atoms with Crippen molar-refractivity contribution in [1.82, 2.24) is 0 Å². The van der Waals surface area contributed by atoms with Gasteiger partial charge in [0, 0.05) is 0 Å². The minimum absolute atomic E-state index is 0.0365. The van der Waals surface area contributed by atoms with Gasteiger partial charge in [-0.2, -0.15) is 4.39 Å². The van der Waals surface area contributed by atoms with Gasteiger partial charge in [-0.05, 0) is 62.0 Å². The topological polar surface area (TPSA) is 9.23 Å². The molecule has 0 N–H and O–H groups in total. The molecule has 0 aromatic heterocycles. The maximum absolute atomic E-state index is 13.9. The third kappa shape index (κ3) is 5.05. The minimum Gasteiger partial charge on any atom is -0.494 e. The Balaban J connectivity index is 1.78. The standard InChI is InChI=1S/C20H28F2O/c1-3-6-15-9-11-16(12-10-15)7-4-5-8-17-13-14-18(23-2)20(22)19(17)21/h4,7,13-16H,3,5-6,8-12H2,1-2H3/b7-4+. The molecular weight excluding hydrogens is 294 g/mol. The van der Waals surface area contributed by atoms with Crippen LogP contribution in [0.5, 0.6) is 5.75 Å². The van der Waals surface area contributed by atoms with E-state index in [-0.39, 0.29) is 5.75 Å². The summed E-state index contributed by atoms with van der Waals surface area (Å²) < 4.78 is 32.3. The molecule has 23 heavy (non-hydrogen) atoms. The first-order valence-electron chi connectivity index (χ1n) is 8.83. The summed E-state index contributed by atoms with van der Waals surface area (Å²) in [4.78, 5) is 0. The predicted molar refractivity (Wildman–Crippen MR) is 90.7 cm³/mol. The highest BCUT2D eigenvalue weighted by Gasteiger charge is 2.18. The Morgan fingerprint density at radius 3 is 2.52 bits per heavy atom. The summed E-state index contributed by atoms with van der Waals surface area (Å²) >= 11 is 0. The molecule has 0 saturated heterocycles. The van der Waals surface area contributed by atoms with Gasteiger partial charge in [-0.25, -0.2) is 4.39 Å². The van der Waals surface area contributed by atoms with Crippen LogP contribution < -0.4 is 4.74 Å². The molecule has 0 bridgehead atoms. The van der Waals surface area contributed by atoms with Gasteiger partial charge in [-0.3, -0.25) is 0 Å². The van der Waals surface area contributed by atoms with Gasteiger partial charge >= 0.3 is 0 Å². The van der Waals surface area contributed by atoms with Crippen LogP contribution in [-0.2, 0) is 6.42 Å². The quantitative estimate of drug-likeness (QED) is 0.554. The van der Waals surface area contributed by atoms with Crippen LogP contribution >= 0.6 is 0 Å². The van der Waals surface area contributed by atoms with Crippen LogP contribution in [0.3, 0.4) is 0 Å². The van der Waals surface area contributed by atoms with Crippen molar-refractivity contribution in [3.8, 4) is 5.75 Å². The highest BCUT2D eigenvalue weighted by molar-refractivity contribution is 5.31. The molecule has 1 fully saturated rings. The second-order valence-corrected chi connectivity index (χ2v) is 6.59. The van der Waals surface area contributed by atoms with Crippen LogP contribution in [0.4, 0.5) is 8.78 Å². The highest BCUT2D eigenvalue weighted by Crippen LogP contribution is 2.32. The summed E-state index contributed by atoms with van der Waals surface area (Å²) in [6, 6.07) is 3.10. The van der Waals surface area contributed by atoms with Crippen molar-refractivity contribution in [2.24, 2.45) is 11.8 Å². The summed E-state index contributed by atoms with van der Waals surface area (Å²) in [6.45, 7) is 2.26. The summed E-state index contributed by atoms with van der Waals surface area (Å²) in [7, 11) is 1.34. The summed E-state index contributed by atoms with van der Waals surface area (Å²) in [5.41, 5.74) is 0.416. The number of allylic oxidation sites excluding steroid dienone is 2. The average Bonchev–Trinajstić information content (AvgIpc) is 2.57. The molecular formula is C20H28F2O. The van der Waals surface area contributed by atoms with E-state index in [4.69, 9.17) is 4.74 Å². The lowest BCUT2D eigenvalue weighted by molar-refractivity contribution is 0.294. The zero-order valence-electron chi connectivity index (χ0n) is 14.3. The van der Waals surface area contributed by atoms with Crippen LogP contribution in [0.15, 0.2) is 24.3 Å². The molecule has 0 spiro atoms. The van der Waals surface area contributed by atoms with E-state index in [0.717, 1.165) is 12.3 Å². The number of aryl methyl sites for hydroxylation is 1. The van der Waals surface area contributed by atoms with Gasteiger partial charge in [0.25, 0.3) is 0 Å². The molecule has 1 saturated carbocycles. The van der Waals surface area contributed by atoms with Crippen LogP contribution in [0.1, 0.15) is 57.4 Å². The molecule has 2 rings (SSSR count). The van der Waals surface area contributed by atoms with Crippen LogP contribution in [0, 0.1) is 23.5 Å². The maximum Gasteiger partial charge on any atom is 0.200 e. The molecule has 1 aromatic rings. The number of rotatable bonds is 7. The van der Waals surface area contributed by atoms with Crippen molar-refractivity contribution < 1.29 is 13.5 Å². The molecule has 0 aliphatic heterocycles. The second kappa shape index (κ2) is 9.05. The number of ether oxygens (including phenoxy) is 1. The summed E-state index contributed by atoms with van der Waals surface area (Å²) in [5, 5.41) is 0. The molecule has 0 unspecified atom stereocenters. The molecule has 128 valence electrons. The number of hydrogen-bond acceptors (Lipinski definition) is 1. The SMILES string of the molecule is CCCC1CCC(/C=C/CCc2ccc(OC)c(F)c2F)CC1. The summed E-state index contributed by atoms with van der Waals surface area (Å²) in [5.74, 6) is -0.117. The molecule has 3 heteroatoms. The van der Waals surface area contributed by atoms with E-state index in [0.29, 0.717) is 17.9 Å². The van der Waals surface area contributed by atoms with Crippen LogP contribution in [-0.4, -0.2) is 7.11 Å². The van der Waals surface area contributed by atoms with Crippen molar-refractivity contribution in [1.29, 1.82) is 0 Å². The normalized spacial score (nSPS) is 21.7. The van der Waals surface area contributed by atoms with E-state index in [1.54, 1.807) is 6.07 Å². The van der Waals surface area contributed by atoms with Gasteiger partial charge in [0.05, 0.1) is 7.11 Å². The molecule has 1 aliphatic rings. The summed E-state index contributed by atoms with van der Waals surface area (Å²) in [6.07, 6.45) is 13.5.